The van der Waals surface area contributed by atoms with E-state index in [1.807, 2.05) is 55.5 Å². The number of carbonyl (C=O) groups is 1. The first-order chi connectivity index (χ1) is 14.1. The van der Waals surface area contributed by atoms with Crippen LogP contribution in [-0.4, -0.2) is 18.7 Å². The maximum absolute atomic E-state index is 12.2. The lowest BCUT2D eigenvalue weighted by Gasteiger charge is -2.07. The predicted octanol–water partition coefficient (Wildman–Crippen LogP) is 5.08. The second kappa shape index (κ2) is 10.3. The van der Waals surface area contributed by atoms with Gasteiger partial charge in [-0.2, -0.15) is 5.10 Å². The minimum Gasteiger partial charge on any atom is -0.494 e. The molecule has 1 amide bonds. The van der Waals surface area contributed by atoms with Crippen molar-refractivity contribution >= 4 is 23.7 Å². The number of halogens is 1. The fourth-order valence-corrected chi connectivity index (χ4v) is 2.66. The van der Waals surface area contributed by atoms with E-state index >= 15 is 0 Å². The molecule has 0 heterocycles. The monoisotopic (exact) mass is 408 g/mol. The highest BCUT2D eigenvalue weighted by Crippen LogP contribution is 2.16. The molecule has 6 heteroatoms. The van der Waals surface area contributed by atoms with Crippen LogP contribution in [0.15, 0.2) is 77.9 Å². The topological polar surface area (TPSA) is 59.9 Å². The summed E-state index contributed by atoms with van der Waals surface area (Å²) in [7, 11) is 0. The highest BCUT2D eigenvalue weighted by atomic mass is 35.5. The van der Waals surface area contributed by atoms with Crippen LogP contribution in [0.4, 0.5) is 0 Å². The molecule has 0 aliphatic carbocycles. The first-order valence-electron chi connectivity index (χ1n) is 9.17. The number of hydrogen-bond acceptors (Lipinski definition) is 4. The average Bonchev–Trinajstić information content (AvgIpc) is 2.74. The first-order valence-corrected chi connectivity index (χ1v) is 9.55. The molecule has 0 spiro atoms. The normalized spacial score (nSPS) is 10.7. The van der Waals surface area contributed by atoms with Gasteiger partial charge in [-0.05, 0) is 66.6 Å². The first kappa shape index (κ1) is 20.4. The van der Waals surface area contributed by atoms with Crippen molar-refractivity contribution in [3.63, 3.8) is 0 Å². The van der Waals surface area contributed by atoms with Crippen LogP contribution in [-0.2, 0) is 6.61 Å². The number of benzene rings is 3. The Kier molecular flexibility index (Phi) is 7.25. The van der Waals surface area contributed by atoms with Crippen LogP contribution in [0.2, 0.25) is 5.02 Å². The van der Waals surface area contributed by atoms with Crippen LogP contribution < -0.4 is 14.9 Å². The van der Waals surface area contributed by atoms with E-state index in [1.165, 1.54) is 0 Å². The molecule has 0 atom stereocenters. The molecule has 3 aromatic rings. The molecule has 0 saturated carbocycles. The van der Waals surface area contributed by atoms with Crippen molar-refractivity contribution in [2.75, 3.05) is 6.61 Å². The van der Waals surface area contributed by atoms with E-state index in [9.17, 15) is 4.79 Å². The SMILES string of the molecule is CCOc1ccc(C(=O)NN=Cc2cccc(OCc3ccc(Cl)cc3)c2)cc1. The number of hydrazone groups is 1. The Labute approximate surface area is 174 Å². The Morgan fingerprint density at radius 1 is 1.00 bits per heavy atom. The lowest BCUT2D eigenvalue weighted by molar-refractivity contribution is 0.0955. The second-order valence-corrected chi connectivity index (χ2v) is 6.58. The Hall–Kier alpha value is -3.31. The lowest BCUT2D eigenvalue weighted by Crippen LogP contribution is -2.17. The number of rotatable bonds is 8. The molecule has 148 valence electrons. The van der Waals surface area contributed by atoms with Gasteiger partial charge in [-0.1, -0.05) is 35.9 Å². The summed E-state index contributed by atoms with van der Waals surface area (Å²) >= 11 is 5.89. The predicted molar refractivity (Wildman–Crippen MR) is 115 cm³/mol. The summed E-state index contributed by atoms with van der Waals surface area (Å²) < 4.78 is 11.2. The maximum Gasteiger partial charge on any atom is 0.271 e. The second-order valence-electron chi connectivity index (χ2n) is 6.14. The van der Waals surface area contributed by atoms with Gasteiger partial charge in [0, 0.05) is 10.6 Å². The minimum atomic E-state index is -0.292. The van der Waals surface area contributed by atoms with Crippen LogP contribution in [0, 0.1) is 0 Å². The zero-order chi connectivity index (χ0) is 20.5. The molecule has 1 N–H and O–H groups in total. The molecule has 0 fully saturated rings. The van der Waals surface area contributed by atoms with Crippen molar-refractivity contribution < 1.29 is 14.3 Å². The van der Waals surface area contributed by atoms with Crippen molar-refractivity contribution in [1.82, 2.24) is 5.43 Å². The van der Waals surface area contributed by atoms with Crippen LogP contribution >= 0.6 is 11.6 Å². The van der Waals surface area contributed by atoms with Gasteiger partial charge in [0.15, 0.2) is 0 Å². The lowest BCUT2D eigenvalue weighted by atomic mass is 10.2. The summed E-state index contributed by atoms with van der Waals surface area (Å²) in [6.45, 7) is 2.93. The van der Waals surface area contributed by atoms with E-state index in [4.69, 9.17) is 21.1 Å². The number of hydrogen-bond donors (Lipinski definition) is 1. The number of carbonyl (C=O) groups excluding carboxylic acids is 1. The third-order valence-electron chi connectivity index (χ3n) is 3.98. The van der Waals surface area contributed by atoms with Crippen molar-refractivity contribution in [3.8, 4) is 11.5 Å². The summed E-state index contributed by atoms with van der Waals surface area (Å²) in [6.07, 6.45) is 1.57. The van der Waals surface area contributed by atoms with Crippen molar-refractivity contribution in [2.24, 2.45) is 5.10 Å². The molecule has 3 rings (SSSR count). The summed E-state index contributed by atoms with van der Waals surface area (Å²) in [5, 5.41) is 4.71. The number of nitrogens with one attached hydrogen (secondary N) is 1. The van der Waals surface area contributed by atoms with E-state index in [2.05, 4.69) is 10.5 Å². The van der Waals surface area contributed by atoms with Gasteiger partial charge in [-0.3, -0.25) is 4.79 Å². The van der Waals surface area contributed by atoms with E-state index < -0.39 is 0 Å². The summed E-state index contributed by atoms with van der Waals surface area (Å²) in [5.74, 6) is 1.14. The third kappa shape index (κ3) is 6.36. The summed E-state index contributed by atoms with van der Waals surface area (Å²) in [6, 6.07) is 21.9. The smallest absolute Gasteiger partial charge is 0.271 e. The Morgan fingerprint density at radius 3 is 2.48 bits per heavy atom. The minimum absolute atomic E-state index is 0.292. The van der Waals surface area contributed by atoms with Crippen LogP contribution in [0.5, 0.6) is 11.5 Å². The van der Waals surface area contributed by atoms with Gasteiger partial charge >= 0.3 is 0 Å². The maximum atomic E-state index is 12.2. The third-order valence-corrected chi connectivity index (χ3v) is 4.24. The average molecular weight is 409 g/mol. The molecule has 0 bridgehead atoms. The molecule has 0 aliphatic heterocycles. The molecule has 0 aliphatic rings. The molecular weight excluding hydrogens is 388 g/mol. The Balaban J connectivity index is 1.54. The van der Waals surface area contributed by atoms with Crippen LogP contribution in [0.25, 0.3) is 0 Å². The standard InChI is InChI=1S/C23H21ClN2O3/c1-2-28-21-12-8-19(9-13-21)23(27)26-25-15-18-4-3-5-22(14-18)29-16-17-6-10-20(24)11-7-17/h3-15H,2,16H2,1H3,(H,26,27). The molecule has 29 heavy (non-hydrogen) atoms. The van der Waals surface area contributed by atoms with Crippen LogP contribution in [0.1, 0.15) is 28.4 Å². The van der Waals surface area contributed by atoms with E-state index in [1.54, 1.807) is 30.5 Å². The molecule has 3 aromatic carbocycles. The van der Waals surface area contributed by atoms with Gasteiger partial charge in [0.1, 0.15) is 18.1 Å². The molecule has 5 nitrogen and oxygen atoms in total. The van der Waals surface area contributed by atoms with Gasteiger partial charge in [-0.25, -0.2) is 5.43 Å². The summed E-state index contributed by atoms with van der Waals surface area (Å²) in [4.78, 5) is 12.2. The van der Waals surface area contributed by atoms with Crippen molar-refractivity contribution in [2.45, 2.75) is 13.5 Å². The van der Waals surface area contributed by atoms with Gasteiger partial charge in [-0.15, -0.1) is 0 Å². The van der Waals surface area contributed by atoms with Gasteiger partial charge < -0.3 is 9.47 Å². The van der Waals surface area contributed by atoms with Gasteiger partial charge in [0.25, 0.3) is 5.91 Å². The molecule has 0 radical (unpaired) electrons. The van der Waals surface area contributed by atoms with Crippen molar-refractivity contribution in [1.29, 1.82) is 0 Å². The quantitative estimate of drug-likeness (QED) is 0.417. The van der Waals surface area contributed by atoms with Crippen molar-refractivity contribution in [3.05, 3.63) is 94.5 Å². The van der Waals surface area contributed by atoms with Gasteiger partial charge in [0.05, 0.1) is 12.8 Å². The molecule has 0 aromatic heterocycles. The van der Waals surface area contributed by atoms with Crippen LogP contribution in [0.3, 0.4) is 0 Å². The largest absolute Gasteiger partial charge is 0.494 e. The molecular formula is C23H21ClN2O3. The van der Waals surface area contributed by atoms with Gasteiger partial charge in [0.2, 0.25) is 0 Å². The molecule has 0 saturated heterocycles. The van der Waals surface area contributed by atoms with E-state index in [0.717, 1.165) is 16.9 Å². The Bertz CT molecular complexity index is 970. The number of nitrogens with zero attached hydrogens (tertiary/aromatic N) is 1. The van der Waals surface area contributed by atoms with E-state index in [-0.39, 0.29) is 5.91 Å². The number of ether oxygens (including phenoxy) is 2. The Morgan fingerprint density at radius 2 is 1.76 bits per heavy atom. The fourth-order valence-electron chi connectivity index (χ4n) is 2.53. The number of amides is 1. The zero-order valence-electron chi connectivity index (χ0n) is 16.0. The van der Waals surface area contributed by atoms with E-state index in [0.29, 0.717) is 29.5 Å². The summed E-state index contributed by atoms with van der Waals surface area (Å²) in [5.41, 5.74) is 4.86. The molecule has 0 unspecified atom stereocenters. The fraction of sp³-hybridized carbons (Fsp3) is 0.130. The highest BCUT2D eigenvalue weighted by molar-refractivity contribution is 6.30. The zero-order valence-corrected chi connectivity index (χ0v) is 16.7. The highest BCUT2D eigenvalue weighted by Gasteiger charge is 2.04.